The van der Waals surface area contributed by atoms with E-state index in [1.807, 2.05) is 0 Å². The molecule has 0 saturated carbocycles. The first-order valence-electron chi connectivity index (χ1n) is 4.07. The molecule has 15 heavy (non-hydrogen) atoms. The van der Waals surface area contributed by atoms with Crippen LogP contribution in [0, 0.1) is 6.92 Å². The van der Waals surface area contributed by atoms with Crippen molar-refractivity contribution in [3.8, 4) is 0 Å². The predicted octanol–water partition coefficient (Wildman–Crippen LogP) is 0.406. The van der Waals surface area contributed by atoms with Gasteiger partial charge >= 0.3 is 0 Å². The molecule has 0 radical (unpaired) electrons. The Kier molecular flexibility index (Phi) is 3.17. The SMILES string of the molecule is Cc1scc(C(=O)N(C)C)c1S(N)(=O)=O. The van der Waals surface area contributed by atoms with Crippen molar-refractivity contribution in [2.24, 2.45) is 5.14 Å². The van der Waals surface area contributed by atoms with Crippen LogP contribution in [0.2, 0.25) is 0 Å². The van der Waals surface area contributed by atoms with Crippen molar-refractivity contribution >= 4 is 27.3 Å². The maximum absolute atomic E-state index is 11.6. The van der Waals surface area contributed by atoms with E-state index < -0.39 is 10.0 Å². The van der Waals surface area contributed by atoms with Gasteiger partial charge in [0, 0.05) is 24.4 Å². The lowest BCUT2D eigenvalue weighted by Gasteiger charge is -2.10. The summed E-state index contributed by atoms with van der Waals surface area (Å²) in [6.07, 6.45) is 0. The third-order valence-corrected chi connectivity index (χ3v) is 3.97. The minimum atomic E-state index is -3.84. The number of amides is 1. The van der Waals surface area contributed by atoms with Crippen molar-refractivity contribution in [2.45, 2.75) is 11.8 Å². The van der Waals surface area contributed by atoms with Gasteiger partial charge in [-0.1, -0.05) is 0 Å². The summed E-state index contributed by atoms with van der Waals surface area (Å²) in [6, 6.07) is 0. The maximum Gasteiger partial charge on any atom is 0.255 e. The average Bonchev–Trinajstić information content (AvgIpc) is 2.44. The van der Waals surface area contributed by atoms with Crippen molar-refractivity contribution in [2.75, 3.05) is 14.1 Å². The lowest BCUT2D eigenvalue weighted by molar-refractivity contribution is 0.0824. The molecule has 7 heteroatoms. The summed E-state index contributed by atoms with van der Waals surface area (Å²) in [6.45, 7) is 1.62. The van der Waals surface area contributed by atoms with Crippen LogP contribution in [-0.4, -0.2) is 33.3 Å². The monoisotopic (exact) mass is 248 g/mol. The van der Waals surface area contributed by atoms with Crippen LogP contribution in [0.25, 0.3) is 0 Å². The van der Waals surface area contributed by atoms with Crippen LogP contribution in [0.3, 0.4) is 0 Å². The standard InChI is InChI=1S/C8H12N2O3S2/c1-5-7(15(9,12)13)6(4-14-5)8(11)10(2)3/h4H,1-3H3,(H2,9,12,13). The Labute approximate surface area is 92.6 Å². The number of sulfonamides is 1. The molecule has 0 aliphatic rings. The van der Waals surface area contributed by atoms with E-state index in [2.05, 4.69) is 0 Å². The molecule has 0 atom stereocenters. The summed E-state index contributed by atoms with van der Waals surface area (Å²) in [5.74, 6) is -0.358. The fraction of sp³-hybridized carbons (Fsp3) is 0.375. The second kappa shape index (κ2) is 3.92. The van der Waals surface area contributed by atoms with Crippen LogP contribution < -0.4 is 5.14 Å². The van der Waals surface area contributed by atoms with Crippen molar-refractivity contribution in [3.63, 3.8) is 0 Å². The lowest BCUT2D eigenvalue weighted by Crippen LogP contribution is -2.24. The van der Waals surface area contributed by atoms with E-state index in [-0.39, 0.29) is 16.4 Å². The summed E-state index contributed by atoms with van der Waals surface area (Å²) in [7, 11) is -0.721. The summed E-state index contributed by atoms with van der Waals surface area (Å²) in [5, 5.41) is 6.56. The van der Waals surface area contributed by atoms with Crippen LogP contribution in [0.1, 0.15) is 15.2 Å². The van der Waals surface area contributed by atoms with Crippen LogP contribution in [-0.2, 0) is 10.0 Å². The van der Waals surface area contributed by atoms with Gasteiger partial charge in [0.1, 0.15) is 4.90 Å². The number of carbonyl (C=O) groups is 1. The van der Waals surface area contributed by atoms with Crippen molar-refractivity contribution in [3.05, 3.63) is 15.8 Å². The van der Waals surface area contributed by atoms with Gasteiger partial charge in [0.25, 0.3) is 5.91 Å². The van der Waals surface area contributed by atoms with E-state index in [9.17, 15) is 13.2 Å². The Bertz CT molecular complexity index is 488. The molecule has 0 fully saturated rings. The van der Waals surface area contributed by atoms with Gasteiger partial charge in [-0.3, -0.25) is 4.79 Å². The normalized spacial score (nSPS) is 11.5. The molecular formula is C8H12N2O3S2. The molecule has 0 unspecified atom stereocenters. The molecule has 84 valence electrons. The van der Waals surface area contributed by atoms with Crippen LogP contribution >= 0.6 is 11.3 Å². The van der Waals surface area contributed by atoms with Crippen molar-refractivity contribution in [1.29, 1.82) is 0 Å². The van der Waals surface area contributed by atoms with Gasteiger partial charge in [-0.15, -0.1) is 11.3 Å². The lowest BCUT2D eigenvalue weighted by atomic mass is 10.3. The molecule has 1 rings (SSSR count). The summed E-state index contributed by atoms with van der Waals surface area (Å²) in [4.78, 5) is 13.4. The van der Waals surface area contributed by atoms with E-state index in [1.165, 1.54) is 21.6 Å². The maximum atomic E-state index is 11.6. The smallest absolute Gasteiger partial charge is 0.255 e. The van der Waals surface area contributed by atoms with Crippen LogP contribution in [0.4, 0.5) is 0 Å². The highest BCUT2D eigenvalue weighted by Gasteiger charge is 2.24. The molecule has 0 saturated heterocycles. The third-order valence-electron chi connectivity index (χ3n) is 1.84. The minimum absolute atomic E-state index is 0.0637. The number of nitrogens with zero attached hydrogens (tertiary/aromatic N) is 1. The Balaban J connectivity index is 3.40. The Morgan fingerprint density at radius 3 is 2.40 bits per heavy atom. The summed E-state index contributed by atoms with van der Waals surface area (Å²) in [5.41, 5.74) is 0.144. The van der Waals surface area contributed by atoms with Crippen molar-refractivity contribution in [1.82, 2.24) is 4.90 Å². The number of nitrogens with two attached hydrogens (primary N) is 1. The largest absolute Gasteiger partial charge is 0.345 e. The van der Waals surface area contributed by atoms with Gasteiger partial charge in [-0.05, 0) is 6.92 Å². The highest BCUT2D eigenvalue weighted by atomic mass is 32.2. The van der Waals surface area contributed by atoms with E-state index in [0.717, 1.165) is 0 Å². The van der Waals surface area contributed by atoms with E-state index >= 15 is 0 Å². The topological polar surface area (TPSA) is 80.5 Å². The molecule has 0 aliphatic carbocycles. The third kappa shape index (κ3) is 2.36. The molecule has 5 nitrogen and oxygen atoms in total. The minimum Gasteiger partial charge on any atom is -0.345 e. The molecule has 1 heterocycles. The number of aryl methyl sites for hydroxylation is 1. The first kappa shape index (κ1) is 12.2. The van der Waals surface area contributed by atoms with Gasteiger partial charge in [-0.25, -0.2) is 13.6 Å². The van der Waals surface area contributed by atoms with Gasteiger partial charge in [0.2, 0.25) is 10.0 Å². The Morgan fingerprint density at radius 2 is 2.00 bits per heavy atom. The number of carbonyl (C=O) groups excluding carboxylic acids is 1. The van der Waals surface area contributed by atoms with Crippen LogP contribution in [0.5, 0.6) is 0 Å². The highest BCUT2D eigenvalue weighted by Crippen LogP contribution is 2.26. The van der Waals surface area contributed by atoms with Crippen LogP contribution in [0.15, 0.2) is 10.3 Å². The second-order valence-electron chi connectivity index (χ2n) is 3.28. The molecule has 2 N–H and O–H groups in total. The van der Waals surface area contributed by atoms with Gasteiger partial charge in [0.05, 0.1) is 5.56 Å². The molecular weight excluding hydrogens is 236 g/mol. The summed E-state index contributed by atoms with van der Waals surface area (Å²) >= 11 is 1.20. The molecule has 1 amide bonds. The fourth-order valence-corrected chi connectivity index (χ4v) is 3.34. The molecule has 0 aromatic carbocycles. The van der Waals surface area contributed by atoms with Gasteiger partial charge in [-0.2, -0.15) is 0 Å². The highest BCUT2D eigenvalue weighted by molar-refractivity contribution is 7.89. The quantitative estimate of drug-likeness (QED) is 0.823. The predicted molar refractivity (Wildman–Crippen MR) is 58.4 cm³/mol. The first-order valence-corrected chi connectivity index (χ1v) is 6.50. The molecule has 0 bridgehead atoms. The zero-order chi connectivity index (χ0) is 11.8. The van der Waals surface area contributed by atoms with E-state index in [4.69, 9.17) is 5.14 Å². The number of primary sulfonamides is 1. The molecule has 0 aliphatic heterocycles. The number of hydrogen-bond acceptors (Lipinski definition) is 4. The molecule has 1 aromatic heterocycles. The Hall–Kier alpha value is -0.920. The zero-order valence-electron chi connectivity index (χ0n) is 8.64. The first-order chi connectivity index (χ1) is 6.75. The molecule has 1 aromatic rings. The van der Waals surface area contributed by atoms with E-state index in [1.54, 1.807) is 21.0 Å². The Morgan fingerprint density at radius 1 is 1.47 bits per heavy atom. The van der Waals surface area contributed by atoms with Gasteiger partial charge < -0.3 is 4.90 Å². The van der Waals surface area contributed by atoms with Crippen molar-refractivity contribution < 1.29 is 13.2 Å². The number of hydrogen-bond donors (Lipinski definition) is 1. The zero-order valence-corrected chi connectivity index (χ0v) is 10.3. The fourth-order valence-electron chi connectivity index (χ4n) is 1.19. The summed E-state index contributed by atoms with van der Waals surface area (Å²) < 4.78 is 22.6. The van der Waals surface area contributed by atoms with Gasteiger partial charge in [0.15, 0.2) is 0 Å². The average molecular weight is 248 g/mol. The second-order valence-corrected chi connectivity index (χ2v) is 5.86. The molecule has 0 spiro atoms. The van der Waals surface area contributed by atoms with E-state index in [0.29, 0.717) is 4.88 Å². The number of rotatable bonds is 2. The number of thiophene rings is 1.